The van der Waals surface area contributed by atoms with E-state index in [1.807, 2.05) is 6.08 Å². The second kappa shape index (κ2) is 6.47. The van der Waals surface area contributed by atoms with Crippen molar-refractivity contribution in [1.82, 2.24) is 0 Å². The molecule has 0 unspecified atom stereocenters. The number of allylic oxidation sites excluding steroid dienone is 3. The van der Waals surface area contributed by atoms with Crippen LogP contribution < -0.4 is 0 Å². The fraction of sp³-hybridized carbons (Fsp3) is 0.583. The minimum absolute atomic E-state index is 0.0317. The lowest BCUT2D eigenvalue weighted by Gasteiger charge is -2.61. The number of hydrogen-bond donors (Lipinski definition) is 0. The zero-order valence-electron chi connectivity index (χ0n) is 16.8. The van der Waals surface area contributed by atoms with Gasteiger partial charge in [0.05, 0.1) is 11.1 Å². The van der Waals surface area contributed by atoms with E-state index in [1.54, 1.807) is 0 Å². The molecule has 0 aromatic rings. The molecule has 2 heterocycles. The van der Waals surface area contributed by atoms with Crippen molar-refractivity contribution in [1.29, 1.82) is 0 Å². The topological polar surface area (TPSA) is 52.6 Å². The smallest absolute Gasteiger partial charge is 0.340 e. The monoisotopic (exact) mass is 380 g/mol. The van der Waals surface area contributed by atoms with Crippen LogP contribution in [0, 0.1) is 17.8 Å². The highest BCUT2D eigenvalue weighted by Crippen LogP contribution is 2.68. The molecule has 0 saturated heterocycles. The van der Waals surface area contributed by atoms with Gasteiger partial charge in [0.1, 0.15) is 11.4 Å². The highest BCUT2D eigenvalue weighted by molar-refractivity contribution is 5.99. The molecule has 5 aliphatic rings. The maximum Gasteiger partial charge on any atom is 0.340 e. The predicted octanol–water partition coefficient (Wildman–Crippen LogP) is 4.92. The lowest BCUT2D eigenvalue weighted by molar-refractivity contribution is -0.197. The molecule has 5 rings (SSSR count). The molecule has 148 valence electrons. The third-order valence-corrected chi connectivity index (χ3v) is 7.38. The standard InChI is InChI=1S/C24H28O4/c1-3-5-11-19-16-13-12-14-17(8-4-2)24(21(14)20(16)23(26)27-19)18-10-7-6-9-15(18)22(25)28-24/h6,9,11,14,17,21H,3-5,7-8,10,12-13H2,1-2H3/b19-11-/t14-,17+,21-,24-/m1/s1. The molecule has 3 aliphatic carbocycles. The number of cyclic esters (lactones) is 1. The Hall–Kier alpha value is -2.10. The molecule has 1 saturated carbocycles. The highest BCUT2D eigenvalue weighted by atomic mass is 16.6. The summed E-state index contributed by atoms with van der Waals surface area (Å²) in [6, 6.07) is 0. The molecule has 0 N–H and O–H groups in total. The fourth-order valence-corrected chi connectivity index (χ4v) is 6.39. The van der Waals surface area contributed by atoms with Crippen LogP contribution in [0.3, 0.4) is 0 Å². The molecular formula is C24H28O4. The van der Waals surface area contributed by atoms with E-state index in [9.17, 15) is 9.59 Å². The van der Waals surface area contributed by atoms with Crippen LogP contribution >= 0.6 is 0 Å². The van der Waals surface area contributed by atoms with Gasteiger partial charge in [-0.2, -0.15) is 0 Å². The average molecular weight is 380 g/mol. The quantitative estimate of drug-likeness (QED) is 0.650. The molecular weight excluding hydrogens is 352 g/mol. The first-order valence-corrected chi connectivity index (χ1v) is 10.9. The first-order chi connectivity index (χ1) is 13.6. The van der Waals surface area contributed by atoms with Gasteiger partial charge in [-0.3, -0.25) is 0 Å². The summed E-state index contributed by atoms with van der Waals surface area (Å²) < 4.78 is 11.9. The minimum atomic E-state index is -0.613. The second-order valence-electron chi connectivity index (χ2n) is 8.73. The summed E-state index contributed by atoms with van der Waals surface area (Å²) in [5, 5.41) is 0. The Kier molecular flexibility index (Phi) is 4.15. The van der Waals surface area contributed by atoms with Gasteiger partial charge in [0.2, 0.25) is 0 Å². The number of hydrogen-bond acceptors (Lipinski definition) is 4. The van der Waals surface area contributed by atoms with Crippen molar-refractivity contribution in [3.8, 4) is 0 Å². The number of carbonyl (C=O) groups is 2. The van der Waals surface area contributed by atoms with E-state index in [-0.39, 0.29) is 17.9 Å². The van der Waals surface area contributed by atoms with E-state index in [1.165, 1.54) is 0 Å². The van der Waals surface area contributed by atoms with Crippen molar-refractivity contribution in [2.75, 3.05) is 0 Å². The van der Waals surface area contributed by atoms with Gasteiger partial charge in [0.25, 0.3) is 0 Å². The van der Waals surface area contributed by atoms with Gasteiger partial charge in [-0.15, -0.1) is 0 Å². The van der Waals surface area contributed by atoms with E-state index >= 15 is 0 Å². The Balaban J connectivity index is 1.63. The summed E-state index contributed by atoms with van der Waals surface area (Å²) in [6.07, 6.45) is 13.8. The molecule has 4 nitrogen and oxygen atoms in total. The number of fused-ring (bicyclic) bond motifs is 4. The van der Waals surface area contributed by atoms with E-state index in [4.69, 9.17) is 9.47 Å². The molecule has 0 aromatic heterocycles. The van der Waals surface area contributed by atoms with Crippen LogP contribution in [0.4, 0.5) is 0 Å². The van der Waals surface area contributed by atoms with Gasteiger partial charge in [-0.25, -0.2) is 9.59 Å². The van der Waals surface area contributed by atoms with Crippen LogP contribution in [0.5, 0.6) is 0 Å². The molecule has 28 heavy (non-hydrogen) atoms. The molecule has 2 aliphatic heterocycles. The van der Waals surface area contributed by atoms with Crippen molar-refractivity contribution in [3.63, 3.8) is 0 Å². The summed E-state index contributed by atoms with van der Waals surface area (Å²) >= 11 is 0. The van der Waals surface area contributed by atoms with E-state index < -0.39 is 5.60 Å². The van der Waals surface area contributed by atoms with E-state index in [0.29, 0.717) is 11.8 Å². The minimum Gasteiger partial charge on any atom is -0.450 e. The van der Waals surface area contributed by atoms with E-state index in [2.05, 4.69) is 26.0 Å². The average Bonchev–Trinajstić information content (AvgIpc) is 3.19. The Morgan fingerprint density at radius 1 is 1.18 bits per heavy atom. The van der Waals surface area contributed by atoms with Crippen LogP contribution in [0.2, 0.25) is 0 Å². The SMILES string of the molecule is CCC/C=C1\OC(=O)C2=C1CC[C@@H]1[C@H](CCC)[C@]3(OC(=O)C4=C3CCC=C4)[C@@H]21. The third kappa shape index (κ3) is 2.18. The van der Waals surface area contributed by atoms with Gasteiger partial charge >= 0.3 is 11.9 Å². The molecule has 4 heteroatoms. The highest BCUT2D eigenvalue weighted by Gasteiger charge is 2.71. The van der Waals surface area contributed by atoms with Crippen LogP contribution in [0.15, 0.2) is 46.3 Å². The first-order valence-electron chi connectivity index (χ1n) is 10.9. The molecule has 0 bridgehead atoms. The summed E-state index contributed by atoms with van der Waals surface area (Å²) in [5.74, 6) is 1.04. The van der Waals surface area contributed by atoms with Gasteiger partial charge < -0.3 is 9.47 Å². The third-order valence-electron chi connectivity index (χ3n) is 7.38. The van der Waals surface area contributed by atoms with Crippen molar-refractivity contribution in [2.24, 2.45) is 17.8 Å². The van der Waals surface area contributed by atoms with Gasteiger partial charge in [0.15, 0.2) is 0 Å². The normalized spacial score (nSPS) is 37.1. The van der Waals surface area contributed by atoms with Crippen molar-refractivity contribution >= 4 is 11.9 Å². The van der Waals surface area contributed by atoms with Crippen molar-refractivity contribution in [3.05, 3.63) is 46.3 Å². The fourth-order valence-electron chi connectivity index (χ4n) is 6.39. The van der Waals surface area contributed by atoms with E-state index in [0.717, 1.165) is 79.4 Å². The molecule has 1 spiro atoms. The van der Waals surface area contributed by atoms with Gasteiger partial charge in [0, 0.05) is 17.4 Å². The zero-order chi connectivity index (χ0) is 19.5. The Bertz CT molecular complexity index is 871. The Morgan fingerprint density at radius 2 is 2.04 bits per heavy atom. The van der Waals surface area contributed by atoms with Gasteiger partial charge in [-0.05, 0) is 56.1 Å². The summed E-state index contributed by atoms with van der Waals surface area (Å²) in [6.45, 7) is 4.32. The maximum atomic E-state index is 12.9. The Morgan fingerprint density at radius 3 is 2.82 bits per heavy atom. The molecule has 0 radical (unpaired) electrons. The number of unbranched alkanes of at least 4 members (excludes halogenated alkanes) is 1. The number of esters is 2. The van der Waals surface area contributed by atoms with Crippen molar-refractivity contribution in [2.45, 2.75) is 70.8 Å². The van der Waals surface area contributed by atoms with Crippen LogP contribution in [0.1, 0.15) is 65.2 Å². The predicted molar refractivity (Wildman–Crippen MR) is 105 cm³/mol. The maximum absolute atomic E-state index is 12.9. The molecule has 1 fully saturated rings. The summed E-state index contributed by atoms with van der Waals surface area (Å²) in [4.78, 5) is 25.7. The molecule has 4 atom stereocenters. The summed E-state index contributed by atoms with van der Waals surface area (Å²) in [7, 11) is 0. The first kappa shape index (κ1) is 18.0. The lowest BCUT2D eigenvalue weighted by atomic mass is 9.44. The molecule has 0 aromatic carbocycles. The summed E-state index contributed by atoms with van der Waals surface area (Å²) in [5.41, 5.74) is 3.16. The number of rotatable bonds is 4. The molecule has 0 amide bonds. The largest absolute Gasteiger partial charge is 0.450 e. The van der Waals surface area contributed by atoms with Crippen LogP contribution in [-0.4, -0.2) is 17.5 Å². The Labute approximate surface area is 166 Å². The zero-order valence-corrected chi connectivity index (χ0v) is 16.8. The lowest BCUT2D eigenvalue weighted by Crippen LogP contribution is -2.65. The van der Waals surface area contributed by atoms with Crippen LogP contribution in [-0.2, 0) is 19.1 Å². The van der Waals surface area contributed by atoms with Crippen LogP contribution in [0.25, 0.3) is 0 Å². The number of carbonyl (C=O) groups excluding carboxylic acids is 2. The van der Waals surface area contributed by atoms with Gasteiger partial charge in [-0.1, -0.05) is 38.8 Å². The number of ether oxygens (including phenoxy) is 2. The van der Waals surface area contributed by atoms with Crippen molar-refractivity contribution < 1.29 is 19.1 Å². The second-order valence-corrected chi connectivity index (χ2v) is 8.73.